The Kier molecular flexibility index (Phi) is 3.29. The molecule has 0 aliphatic carbocycles. The van der Waals surface area contributed by atoms with Crippen LogP contribution in [0.1, 0.15) is 12.6 Å². The summed E-state index contributed by atoms with van der Waals surface area (Å²) in [7, 11) is 0. The molecule has 0 unspecified atom stereocenters. The summed E-state index contributed by atoms with van der Waals surface area (Å²) in [6.45, 7) is 3.95. The van der Waals surface area contributed by atoms with Crippen molar-refractivity contribution in [3.05, 3.63) is 41.4 Å². The van der Waals surface area contributed by atoms with Gasteiger partial charge < -0.3 is 4.90 Å². The average molecular weight is 219 g/mol. The van der Waals surface area contributed by atoms with Crippen molar-refractivity contribution in [3.8, 4) is 0 Å². The molecule has 0 amide bonds. The summed E-state index contributed by atoms with van der Waals surface area (Å²) < 4.78 is 3.87. The molecule has 78 valence electrons. The molecule has 0 radical (unpaired) electrons. The Bertz CT molecular complexity index is 385. The van der Waals surface area contributed by atoms with Gasteiger partial charge in [-0.05, 0) is 30.6 Å². The van der Waals surface area contributed by atoms with Crippen molar-refractivity contribution in [2.75, 3.05) is 11.4 Å². The van der Waals surface area contributed by atoms with Crippen molar-refractivity contribution >= 4 is 17.2 Å². The normalized spacial score (nSPS) is 10.2. The molecular weight excluding hydrogens is 206 g/mol. The molecule has 3 nitrogen and oxygen atoms in total. The van der Waals surface area contributed by atoms with E-state index in [0.717, 1.165) is 18.8 Å². The van der Waals surface area contributed by atoms with Crippen LogP contribution >= 0.6 is 11.5 Å². The second-order valence-corrected chi connectivity index (χ2v) is 3.86. The van der Waals surface area contributed by atoms with E-state index in [0.29, 0.717) is 0 Å². The van der Waals surface area contributed by atoms with Crippen molar-refractivity contribution in [2.45, 2.75) is 13.5 Å². The number of hydrogen-bond donors (Lipinski definition) is 0. The molecule has 2 rings (SSSR count). The molecule has 0 saturated heterocycles. The molecule has 1 heterocycles. The molecule has 0 atom stereocenters. The maximum Gasteiger partial charge on any atom is 0.0948 e. The van der Waals surface area contributed by atoms with Crippen LogP contribution in [-0.2, 0) is 6.54 Å². The van der Waals surface area contributed by atoms with E-state index in [1.165, 1.54) is 17.2 Å². The second kappa shape index (κ2) is 4.89. The van der Waals surface area contributed by atoms with E-state index in [1.54, 1.807) is 0 Å². The summed E-state index contributed by atoms with van der Waals surface area (Å²) in [6, 6.07) is 10.4. The van der Waals surface area contributed by atoms with Crippen LogP contribution in [0, 0.1) is 0 Å². The van der Waals surface area contributed by atoms with Crippen molar-refractivity contribution in [1.29, 1.82) is 0 Å². The van der Waals surface area contributed by atoms with Crippen molar-refractivity contribution in [2.24, 2.45) is 0 Å². The molecule has 15 heavy (non-hydrogen) atoms. The molecule has 0 N–H and O–H groups in total. The van der Waals surface area contributed by atoms with E-state index in [4.69, 9.17) is 0 Å². The number of aromatic nitrogens is 2. The van der Waals surface area contributed by atoms with Gasteiger partial charge in [0.1, 0.15) is 0 Å². The van der Waals surface area contributed by atoms with Crippen molar-refractivity contribution < 1.29 is 0 Å². The van der Waals surface area contributed by atoms with Gasteiger partial charge >= 0.3 is 0 Å². The number of nitrogens with zero attached hydrogens (tertiary/aromatic N) is 3. The van der Waals surface area contributed by atoms with Gasteiger partial charge in [-0.2, -0.15) is 0 Å². The minimum absolute atomic E-state index is 0.830. The van der Waals surface area contributed by atoms with Crippen molar-refractivity contribution in [1.82, 2.24) is 9.59 Å². The molecule has 0 bridgehead atoms. The van der Waals surface area contributed by atoms with Crippen LogP contribution in [0.4, 0.5) is 5.69 Å². The lowest BCUT2D eigenvalue weighted by Crippen LogP contribution is -2.21. The largest absolute Gasteiger partial charge is 0.366 e. The van der Waals surface area contributed by atoms with Crippen LogP contribution in [-0.4, -0.2) is 16.1 Å². The van der Waals surface area contributed by atoms with Crippen molar-refractivity contribution in [3.63, 3.8) is 0 Å². The summed E-state index contributed by atoms with van der Waals surface area (Å²) in [4.78, 5) is 2.27. The third kappa shape index (κ3) is 2.53. The monoisotopic (exact) mass is 219 g/mol. The molecule has 0 fully saturated rings. The minimum atomic E-state index is 0.830. The zero-order chi connectivity index (χ0) is 10.5. The number of rotatable bonds is 4. The first-order valence-corrected chi connectivity index (χ1v) is 5.79. The lowest BCUT2D eigenvalue weighted by atomic mass is 10.3. The fourth-order valence-electron chi connectivity index (χ4n) is 1.47. The molecule has 0 aliphatic heterocycles. The van der Waals surface area contributed by atoms with E-state index < -0.39 is 0 Å². The van der Waals surface area contributed by atoms with E-state index in [-0.39, 0.29) is 0 Å². The van der Waals surface area contributed by atoms with Crippen LogP contribution < -0.4 is 4.90 Å². The smallest absolute Gasteiger partial charge is 0.0948 e. The van der Waals surface area contributed by atoms with Gasteiger partial charge in [-0.25, -0.2) is 0 Å². The lowest BCUT2D eigenvalue weighted by Gasteiger charge is -2.21. The number of benzene rings is 1. The van der Waals surface area contributed by atoms with Gasteiger partial charge in [0.25, 0.3) is 0 Å². The first kappa shape index (κ1) is 10.1. The summed E-state index contributed by atoms with van der Waals surface area (Å²) in [5, 5.41) is 6.05. The predicted octanol–water partition coefficient (Wildman–Crippen LogP) is 2.56. The zero-order valence-corrected chi connectivity index (χ0v) is 9.44. The summed E-state index contributed by atoms with van der Waals surface area (Å²) >= 11 is 1.40. The summed E-state index contributed by atoms with van der Waals surface area (Å²) in [6.07, 6.45) is 0. The zero-order valence-electron chi connectivity index (χ0n) is 8.63. The van der Waals surface area contributed by atoms with Gasteiger partial charge in [0.05, 0.1) is 12.2 Å². The molecule has 1 aromatic heterocycles. The molecule has 1 aromatic carbocycles. The summed E-state index contributed by atoms with van der Waals surface area (Å²) in [5.41, 5.74) is 2.26. The molecule has 4 heteroatoms. The van der Waals surface area contributed by atoms with E-state index in [2.05, 4.69) is 45.7 Å². The second-order valence-electron chi connectivity index (χ2n) is 3.25. The number of hydrogen-bond acceptors (Lipinski definition) is 4. The third-order valence-electron chi connectivity index (χ3n) is 2.26. The first-order chi connectivity index (χ1) is 7.40. The Hall–Kier alpha value is -1.42. The van der Waals surface area contributed by atoms with E-state index in [1.807, 2.05) is 11.4 Å². The van der Waals surface area contributed by atoms with E-state index >= 15 is 0 Å². The SMILES string of the molecule is CCN(Cc1csnn1)c1ccccc1. The van der Waals surface area contributed by atoms with Gasteiger partial charge in [0, 0.05) is 17.6 Å². The number of para-hydroxylation sites is 1. The number of anilines is 1. The Morgan fingerprint density at radius 1 is 1.27 bits per heavy atom. The average Bonchev–Trinajstić information content (AvgIpc) is 2.80. The third-order valence-corrected chi connectivity index (χ3v) is 2.81. The summed E-state index contributed by atoms with van der Waals surface area (Å²) in [5.74, 6) is 0. The molecule has 0 aliphatic rings. The van der Waals surface area contributed by atoms with E-state index in [9.17, 15) is 0 Å². The molecular formula is C11H13N3S. The highest BCUT2D eigenvalue weighted by Crippen LogP contribution is 2.15. The first-order valence-electron chi connectivity index (χ1n) is 4.96. The van der Waals surface area contributed by atoms with Gasteiger partial charge in [0.15, 0.2) is 0 Å². The van der Waals surface area contributed by atoms with Gasteiger partial charge in [-0.15, -0.1) is 5.10 Å². The van der Waals surface area contributed by atoms with Crippen LogP contribution in [0.15, 0.2) is 35.7 Å². The standard InChI is InChI=1S/C11H13N3S/c1-2-14(8-10-9-15-13-12-10)11-6-4-3-5-7-11/h3-7,9H,2,8H2,1H3. The van der Waals surface area contributed by atoms with Crippen LogP contribution in [0.25, 0.3) is 0 Å². The topological polar surface area (TPSA) is 29.0 Å². The molecule has 2 aromatic rings. The minimum Gasteiger partial charge on any atom is -0.366 e. The highest BCUT2D eigenvalue weighted by Gasteiger charge is 2.05. The van der Waals surface area contributed by atoms with Crippen LogP contribution in [0.3, 0.4) is 0 Å². The van der Waals surface area contributed by atoms with Gasteiger partial charge in [0.2, 0.25) is 0 Å². The Morgan fingerprint density at radius 3 is 2.67 bits per heavy atom. The fraction of sp³-hybridized carbons (Fsp3) is 0.273. The lowest BCUT2D eigenvalue weighted by molar-refractivity contribution is 0.804. The molecule has 0 saturated carbocycles. The highest BCUT2D eigenvalue weighted by molar-refractivity contribution is 7.03. The highest BCUT2D eigenvalue weighted by atomic mass is 32.1. The Labute approximate surface area is 93.5 Å². The van der Waals surface area contributed by atoms with Gasteiger partial charge in [-0.3, -0.25) is 0 Å². The maximum atomic E-state index is 4.06. The Morgan fingerprint density at radius 2 is 2.07 bits per heavy atom. The quantitative estimate of drug-likeness (QED) is 0.791. The Balaban J connectivity index is 2.12. The maximum absolute atomic E-state index is 4.06. The van der Waals surface area contributed by atoms with Gasteiger partial charge in [-0.1, -0.05) is 22.7 Å². The van der Waals surface area contributed by atoms with Crippen LogP contribution in [0.2, 0.25) is 0 Å². The fourth-order valence-corrected chi connectivity index (χ4v) is 1.92. The van der Waals surface area contributed by atoms with Crippen LogP contribution in [0.5, 0.6) is 0 Å². The predicted molar refractivity (Wildman–Crippen MR) is 63.1 cm³/mol. The molecule has 0 spiro atoms.